The van der Waals surface area contributed by atoms with Gasteiger partial charge in [-0.3, -0.25) is 4.79 Å². The van der Waals surface area contributed by atoms with Gasteiger partial charge in [0.25, 0.3) is 0 Å². The molecule has 1 saturated heterocycles. The van der Waals surface area contributed by atoms with Crippen molar-refractivity contribution in [3.05, 3.63) is 30.1 Å². The largest absolute Gasteiger partial charge is 0.368 e. The van der Waals surface area contributed by atoms with Gasteiger partial charge in [-0.1, -0.05) is 0 Å². The molecule has 1 aliphatic heterocycles. The van der Waals surface area contributed by atoms with Crippen LogP contribution < -0.4 is 5.73 Å². The van der Waals surface area contributed by atoms with Crippen molar-refractivity contribution >= 4 is 16.9 Å². The number of hydrogen-bond acceptors (Lipinski definition) is 2. The van der Waals surface area contributed by atoms with E-state index in [1.807, 2.05) is 6.92 Å². The van der Waals surface area contributed by atoms with Crippen molar-refractivity contribution in [2.24, 2.45) is 5.73 Å². The Morgan fingerprint density at radius 3 is 2.56 bits per heavy atom. The summed E-state index contributed by atoms with van der Waals surface area (Å²) in [6.07, 6.45) is 1.39. The molecule has 6 heteroatoms. The van der Waals surface area contributed by atoms with Crippen molar-refractivity contribution in [2.45, 2.75) is 36.7 Å². The van der Waals surface area contributed by atoms with Crippen LogP contribution in [0.1, 0.15) is 19.8 Å². The number of hydrogen-bond donors (Lipinski definition) is 1. The highest BCUT2D eigenvalue weighted by Crippen LogP contribution is 2.28. The zero-order chi connectivity index (χ0) is 13.3. The molecule has 2 N–H and O–H groups in total. The van der Waals surface area contributed by atoms with Gasteiger partial charge in [0.15, 0.2) is 0 Å². The number of rotatable bonds is 3. The Hall–Kier alpha value is -1.27. The minimum absolute atomic E-state index is 0.0217. The molecule has 1 amide bonds. The zero-order valence-electron chi connectivity index (χ0n) is 10.0. The van der Waals surface area contributed by atoms with E-state index in [1.165, 1.54) is 24.3 Å². The van der Waals surface area contributed by atoms with E-state index in [0.717, 1.165) is 6.42 Å². The maximum absolute atomic E-state index is 12.8. The third kappa shape index (κ3) is 2.44. The lowest BCUT2D eigenvalue weighted by Crippen LogP contribution is -2.43. The van der Waals surface area contributed by atoms with Gasteiger partial charge in [-0.2, -0.15) is 0 Å². The fourth-order valence-corrected chi connectivity index (χ4v) is 3.67. The predicted octanol–water partition coefficient (Wildman–Crippen LogP) is 1.19. The molecule has 1 aliphatic rings. The van der Waals surface area contributed by atoms with E-state index in [0.29, 0.717) is 11.3 Å². The lowest BCUT2D eigenvalue weighted by molar-refractivity contribution is -0.121. The molecule has 0 saturated carbocycles. The molecule has 1 heterocycles. The van der Waals surface area contributed by atoms with Gasteiger partial charge < -0.3 is 5.73 Å². The van der Waals surface area contributed by atoms with Crippen LogP contribution in [0.4, 0.5) is 4.39 Å². The van der Waals surface area contributed by atoms with Crippen LogP contribution in [-0.4, -0.2) is 26.5 Å². The SMILES string of the molecule is CC1CC[C@@H](C(N)=O)N1S(=O)c1ccc(F)cc1. The highest BCUT2D eigenvalue weighted by atomic mass is 32.2. The molecular formula is C12H15FN2O2S. The van der Waals surface area contributed by atoms with Crippen LogP contribution in [0.3, 0.4) is 0 Å². The Balaban J connectivity index is 2.26. The average molecular weight is 270 g/mol. The summed E-state index contributed by atoms with van der Waals surface area (Å²) < 4.78 is 26.8. The monoisotopic (exact) mass is 270 g/mol. The molecule has 2 unspecified atom stereocenters. The first-order chi connectivity index (χ1) is 8.50. The standard InChI is InChI=1S/C12H15FN2O2S/c1-8-2-7-11(12(14)16)15(8)18(17)10-5-3-9(13)4-6-10/h3-6,8,11H,2,7H2,1H3,(H2,14,16)/t8?,11-,18?/m0/s1. The Morgan fingerprint density at radius 1 is 1.39 bits per heavy atom. The third-order valence-corrected chi connectivity index (χ3v) is 4.81. The molecule has 0 radical (unpaired) electrons. The van der Waals surface area contributed by atoms with Crippen molar-refractivity contribution in [2.75, 3.05) is 0 Å². The van der Waals surface area contributed by atoms with Gasteiger partial charge in [0.1, 0.15) is 22.8 Å². The molecule has 1 aromatic carbocycles. The van der Waals surface area contributed by atoms with Crippen LogP contribution in [0.15, 0.2) is 29.2 Å². The second-order valence-corrected chi connectivity index (χ2v) is 5.80. The van der Waals surface area contributed by atoms with Crippen LogP contribution in [0.2, 0.25) is 0 Å². The second-order valence-electron chi connectivity index (χ2n) is 4.41. The number of benzene rings is 1. The van der Waals surface area contributed by atoms with Crippen LogP contribution in [0.5, 0.6) is 0 Å². The van der Waals surface area contributed by atoms with E-state index in [1.54, 1.807) is 4.31 Å². The van der Waals surface area contributed by atoms with E-state index >= 15 is 0 Å². The van der Waals surface area contributed by atoms with Crippen LogP contribution >= 0.6 is 0 Å². The number of carbonyl (C=O) groups excluding carboxylic acids is 1. The second kappa shape index (κ2) is 5.16. The molecule has 1 fully saturated rings. The van der Waals surface area contributed by atoms with Crippen molar-refractivity contribution < 1.29 is 13.4 Å². The molecule has 3 atom stereocenters. The van der Waals surface area contributed by atoms with Crippen molar-refractivity contribution in [1.82, 2.24) is 4.31 Å². The van der Waals surface area contributed by atoms with Gasteiger partial charge in [-0.15, -0.1) is 0 Å². The molecule has 1 aromatic rings. The van der Waals surface area contributed by atoms with Gasteiger partial charge >= 0.3 is 0 Å². The van der Waals surface area contributed by atoms with Crippen molar-refractivity contribution in [1.29, 1.82) is 0 Å². The molecule has 2 rings (SSSR count). The summed E-state index contributed by atoms with van der Waals surface area (Å²) in [4.78, 5) is 11.8. The average Bonchev–Trinajstić information content (AvgIpc) is 2.71. The lowest BCUT2D eigenvalue weighted by Gasteiger charge is -2.24. The first kappa shape index (κ1) is 13.2. The number of primary amides is 1. The Morgan fingerprint density at radius 2 is 2.00 bits per heavy atom. The van der Waals surface area contributed by atoms with Gasteiger partial charge in [0.2, 0.25) is 5.91 Å². The summed E-state index contributed by atoms with van der Waals surface area (Å²) in [7, 11) is -1.48. The van der Waals surface area contributed by atoms with E-state index in [4.69, 9.17) is 5.73 Å². The number of nitrogens with zero attached hydrogens (tertiary/aromatic N) is 1. The molecule has 18 heavy (non-hydrogen) atoms. The van der Waals surface area contributed by atoms with Crippen LogP contribution in [0.25, 0.3) is 0 Å². The summed E-state index contributed by atoms with van der Waals surface area (Å²) >= 11 is 0. The molecular weight excluding hydrogens is 255 g/mol. The van der Waals surface area contributed by atoms with Crippen molar-refractivity contribution in [3.63, 3.8) is 0 Å². The van der Waals surface area contributed by atoms with Gasteiger partial charge in [-0.05, 0) is 44.0 Å². The summed E-state index contributed by atoms with van der Waals surface area (Å²) in [6, 6.07) is 4.96. The Bertz CT molecular complexity index is 477. The van der Waals surface area contributed by atoms with E-state index in [9.17, 15) is 13.4 Å². The van der Waals surface area contributed by atoms with E-state index in [2.05, 4.69) is 0 Å². The first-order valence-electron chi connectivity index (χ1n) is 5.76. The third-order valence-electron chi connectivity index (χ3n) is 3.13. The fourth-order valence-electron chi connectivity index (χ4n) is 2.18. The lowest BCUT2D eigenvalue weighted by atomic mass is 10.2. The summed E-state index contributed by atoms with van der Waals surface area (Å²) in [5, 5.41) is 0. The maximum atomic E-state index is 12.8. The summed E-state index contributed by atoms with van der Waals surface area (Å²) in [5.41, 5.74) is 5.32. The zero-order valence-corrected chi connectivity index (χ0v) is 10.8. The molecule has 4 nitrogen and oxygen atoms in total. The quantitative estimate of drug-likeness (QED) is 0.896. The highest BCUT2D eigenvalue weighted by Gasteiger charge is 2.38. The van der Waals surface area contributed by atoms with Gasteiger partial charge in [0.05, 0.1) is 4.90 Å². The topological polar surface area (TPSA) is 63.4 Å². The normalized spacial score (nSPS) is 26.1. The van der Waals surface area contributed by atoms with E-state index in [-0.39, 0.29) is 11.9 Å². The minimum Gasteiger partial charge on any atom is -0.368 e. The Kier molecular flexibility index (Phi) is 3.77. The first-order valence-corrected chi connectivity index (χ1v) is 6.86. The molecule has 0 bridgehead atoms. The minimum atomic E-state index is -1.48. The molecule has 98 valence electrons. The number of amides is 1. The summed E-state index contributed by atoms with van der Waals surface area (Å²) in [6.45, 7) is 1.91. The molecule has 0 spiro atoms. The van der Waals surface area contributed by atoms with Crippen LogP contribution in [0, 0.1) is 5.82 Å². The van der Waals surface area contributed by atoms with E-state index < -0.39 is 22.9 Å². The fraction of sp³-hybridized carbons (Fsp3) is 0.417. The smallest absolute Gasteiger partial charge is 0.235 e. The molecule has 0 aromatic heterocycles. The Labute approximate surface area is 108 Å². The number of carbonyl (C=O) groups is 1. The highest BCUT2D eigenvalue weighted by molar-refractivity contribution is 7.82. The summed E-state index contributed by atoms with van der Waals surface area (Å²) in [5.74, 6) is -0.841. The predicted molar refractivity (Wildman–Crippen MR) is 66.3 cm³/mol. The van der Waals surface area contributed by atoms with Crippen LogP contribution in [-0.2, 0) is 15.8 Å². The van der Waals surface area contributed by atoms with Crippen molar-refractivity contribution in [3.8, 4) is 0 Å². The number of halogens is 1. The molecule has 0 aliphatic carbocycles. The van der Waals surface area contributed by atoms with Gasteiger partial charge in [0, 0.05) is 6.04 Å². The van der Waals surface area contributed by atoms with Gasteiger partial charge in [-0.25, -0.2) is 12.9 Å². The number of nitrogens with two attached hydrogens (primary N) is 1. The maximum Gasteiger partial charge on any atom is 0.235 e.